The molecule has 1 amide bonds. The largest absolute Gasteiger partial charge is 0.370 e. The van der Waals surface area contributed by atoms with Crippen LogP contribution in [-0.4, -0.2) is 23.5 Å². The fourth-order valence-electron chi connectivity index (χ4n) is 2.77. The maximum atomic E-state index is 12.3. The molecule has 0 spiro atoms. The molecule has 1 saturated carbocycles. The number of carbonyl (C=O) groups excluding carboxylic acids is 1. The molecular weight excluding hydrogens is 262 g/mol. The second-order valence-corrected chi connectivity index (χ2v) is 5.85. The predicted octanol–water partition coefficient (Wildman–Crippen LogP) is 3.75. The van der Waals surface area contributed by atoms with Crippen LogP contribution in [0.1, 0.15) is 68.8 Å². The molecule has 0 atom stereocenters. The minimum absolute atomic E-state index is 0.0410. The molecule has 0 bridgehead atoms. The van der Waals surface area contributed by atoms with E-state index in [1.54, 1.807) is 6.07 Å². The predicted molar refractivity (Wildman–Crippen MR) is 86.6 cm³/mol. The van der Waals surface area contributed by atoms with E-state index in [2.05, 4.69) is 22.5 Å². The zero-order valence-electron chi connectivity index (χ0n) is 13.0. The van der Waals surface area contributed by atoms with Gasteiger partial charge in [-0.3, -0.25) is 4.79 Å². The number of pyridine rings is 1. The van der Waals surface area contributed by atoms with Gasteiger partial charge >= 0.3 is 0 Å². The van der Waals surface area contributed by atoms with Crippen LogP contribution in [0.2, 0.25) is 0 Å². The maximum Gasteiger partial charge on any atom is 0.270 e. The first kappa shape index (κ1) is 15.8. The monoisotopic (exact) mass is 289 g/mol. The Morgan fingerprint density at radius 1 is 1.19 bits per heavy atom. The number of nitrogens with zero attached hydrogens (tertiary/aromatic N) is 1. The lowest BCUT2D eigenvalue weighted by molar-refractivity contribution is 0.0925. The van der Waals surface area contributed by atoms with Gasteiger partial charge in [-0.1, -0.05) is 45.1 Å². The Hall–Kier alpha value is -1.58. The summed E-state index contributed by atoms with van der Waals surface area (Å²) in [5.41, 5.74) is 0.512. The Morgan fingerprint density at radius 2 is 1.90 bits per heavy atom. The van der Waals surface area contributed by atoms with Crippen molar-refractivity contribution in [1.29, 1.82) is 0 Å². The van der Waals surface area contributed by atoms with Crippen LogP contribution < -0.4 is 10.6 Å². The van der Waals surface area contributed by atoms with E-state index in [1.807, 2.05) is 12.1 Å². The number of anilines is 1. The van der Waals surface area contributed by atoms with Crippen LogP contribution in [0.4, 0.5) is 5.82 Å². The van der Waals surface area contributed by atoms with Crippen molar-refractivity contribution in [2.45, 2.75) is 64.3 Å². The van der Waals surface area contributed by atoms with Crippen molar-refractivity contribution in [1.82, 2.24) is 10.3 Å². The Kier molecular flexibility index (Phi) is 6.51. The fraction of sp³-hybridized carbons (Fsp3) is 0.647. The Balaban J connectivity index is 1.92. The lowest BCUT2D eigenvalue weighted by atomic mass is 9.96. The van der Waals surface area contributed by atoms with Gasteiger partial charge in [0, 0.05) is 12.6 Å². The number of hydrogen-bond donors (Lipinski definition) is 2. The standard InChI is InChI=1S/C17H27N3O/c1-2-13-18-16-12-8-11-15(20-16)17(21)19-14-9-6-4-3-5-7-10-14/h8,11-12,14H,2-7,9-10,13H2,1H3,(H,18,20)(H,19,21). The highest BCUT2D eigenvalue weighted by Gasteiger charge is 2.16. The first-order valence-electron chi connectivity index (χ1n) is 8.31. The van der Waals surface area contributed by atoms with Crippen LogP contribution in [0.15, 0.2) is 18.2 Å². The van der Waals surface area contributed by atoms with Crippen molar-refractivity contribution in [3.8, 4) is 0 Å². The zero-order valence-corrected chi connectivity index (χ0v) is 13.0. The van der Waals surface area contributed by atoms with Gasteiger partial charge in [-0.15, -0.1) is 0 Å². The third kappa shape index (κ3) is 5.37. The van der Waals surface area contributed by atoms with Crippen LogP contribution in [-0.2, 0) is 0 Å². The molecule has 0 aromatic carbocycles. The van der Waals surface area contributed by atoms with E-state index in [-0.39, 0.29) is 5.91 Å². The third-order valence-corrected chi connectivity index (χ3v) is 3.98. The third-order valence-electron chi connectivity index (χ3n) is 3.98. The fourth-order valence-corrected chi connectivity index (χ4v) is 2.77. The van der Waals surface area contributed by atoms with Crippen LogP contribution >= 0.6 is 0 Å². The molecule has 1 fully saturated rings. The molecule has 1 aromatic rings. The van der Waals surface area contributed by atoms with Gasteiger partial charge in [0.25, 0.3) is 5.91 Å². The van der Waals surface area contributed by atoms with E-state index < -0.39 is 0 Å². The number of aromatic nitrogens is 1. The summed E-state index contributed by atoms with van der Waals surface area (Å²) in [4.78, 5) is 16.7. The van der Waals surface area contributed by atoms with Crippen molar-refractivity contribution >= 4 is 11.7 Å². The molecule has 1 aromatic heterocycles. The SMILES string of the molecule is CCCNc1cccc(C(=O)NC2CCCCCCC2)n1. The minimum atomic E-state index is -0.0410. The van der Waals surface area contributed by atoms with Gasteiger partial charge in [-0.2, -0.15) is 0 Å². The quantitative estimate of drug-likeness (QED) is 0.868. The summed E-state index contributed by atoms with van der Waals surface area (Å²) < 4.78 is 0. The minimum Gasteiger partial charge on any atom is -0.370 e. The number of rotatable bonds is 5. The lowest BCUT2D eigenvalue weighted by Crippen LogP contribution is -2.35. The van der Waals surface area contributed by atoms with Gasteiger partial charge in [0.15, 0.2) is 0 Å². The second-order valence-electron chi connectivity index (χ2n) is 5.85. The van der Waals surface area contributed by atoms with Gasteiger partial charge in [-0.25, -0.2) is 4.98 Å². The molecule has 21 heavy (non-hydrogen) atoms. The summed E-state index contributed by atoms with van der Waals surface area (Å²) in [6.07, 6.45) is 9.60. The molecule has 2 rings (SSSR count). The first-order valence-corrected chi connectivity index (χ1v) is 8.31. The van der Waals surface area contributed by atoms with Crippen molar-refractivity contribution in [2.24, 2.45) is 0 Å². The molecule has 0 aliphatic heterocycles. The first-order chi connectivity index (χ1) is 10.3. The summed E-state index contributed by atoms with van der Waals surface area (Å²) in [5.74, 6) is 0.739. The maximum absolute atomic E-state index is 12.3. The van der Waals surface area contributed by atoms with Crippen molar-refractivity contribution in [3.63, 3.8) is 0 Å². The van der Waals surface area contributed by atoms with E-state index >= 15 is 0 Å². The van der Waals surface area contributed by atoms with Crippen LogP contribution in [0.3, 0.4) is 0 Å². The average molecular weight is 289 g/mol. The molecule has 0 radical (unpaired) electrons. The van der Waals surface area contributed by atoms with Crippen LogP contribution in [0, 0.1) is 0 Å². The topological polar surface area (TPSA) is 54.0 Å². The van der Waals surface area contributed by atoms with E-state index in [1.165, 1.54) is 32.1 Å². The van der Waals surface area contributed by atoms with Gasteiger partial charge in [0.05, 0.1) is 0 Å². The molecule has 116 valence electrons. The highest BCUT2D eigenvalue weighted by Crippen LogP contribution is 2.17. The van der Waals surface area contributed by atoms with E-state index in [4.69, 9.17) is 0 Å². The van der Waals surface area contributed by atoms with Crippen LogP contribution in [0.25, 0.3) is 0 Å². The lowest BCUT2D eigenvalue weighted by Gasteiger charge is -2.20. The van der Waals surface area contributed by atoms with E-state index in [0.29, 0.717) is 11.7 Å². The Morgan fingerprint density at radius 3 is 2.62 bits per heavy atom. The molecule has 2 N–H and O–H groups in total. The van der Waals surface area contributed by atoms with E-state index in [0.717, 1.165) is 31.6 Å². The normalized spacial score (nSPS) is 16.8. The molecular formula is C17H27N3O. The summed E-state index contributed by atoms with van der Waals surface area (Å²) in [6.45, 7) is 2.99. The number of hydrogen-bond acceptors (Lipinski definition) is 3. The molecule has 0 saturated heterocycles. The molecule has 4 nitrogen and oxygen atoms in total. The summed E-state index contributed by atoms with van der Waals surface area (Å²) in [6, 6.07) is 5.89. The average Bonchev–Trinajstić information content (AvgIpc) is 2.48. The zero-order chi connectivity index (χ0) is 14.9. The molecule has 4 heteroatoms. The number of nitrogens with one attached hydrogen (secondary N) is 2. The molecule has 0 unspecified atom stereocenters. The van der Waals surface area contributed by atoms with Crippen molar-refractivity contribution < 1.29 is 4.79 Å². The van der Waals surface area contributed by atoms with Crippen molar-refractivity contribution in [2.75, 3.05) is 11.9 Å². The molecule has 1 aliphatic rings. The second kappa shape index (κ2) is 8.65. The number of carbonyl (C=O) groups is 1. The Labute approximate surface area is 127 Å². The summed E-state index contributed by atoms with van der Waals surface area (Å²) >= 11 is 0. The van der Waals surface area contributed by atoms with Gasteiger partial charge in [-0.05, 0) is 31.4 Å². The summed E-state index contributed by atoms with van der Waals surface area (Å²) in [5, 5.41) is 6.38. The Bertz CT molecular complexity index is 439. The van der Waals surface area contributed by atoms with Gasteiger partial charge in [0.1, 0.15) is 11.5 Å². The highest BCUT2D eigenvalue weighted by molar-refractivity contribution is 5.92. The van der Waals surface area contributed by atoms with Crippen LogP contribution in [0.5, 0.6) is 0 Å². The summed E-state index contributed by atoms with van der Waals surface area (Å²) in [7, 11) is 0. The molecule has 1 aliphatic carbocycles. The number of amides is 1. The van der Waals surface area contributed by atoms with Crippen molar-refractivity contribution in [3.05, 3.63) is 23.9 Å². The van der Waals surface area contributed by atoms with E-state index in [9.17, 15) is 4.79 Å². The smallest absolute Gasteiger partial charge is 0.270 e. The molecule has 1 heterocycles. The van der Waals surface area contributed by atoms with Gasteiger partial charge < -0.3 is 10.6 Å². The highest BCUT2D eigenvalue weighted by atomic mass is 16.1. The van der Waals surface area contributed by atoms with Gasteiger partial charge in [0.2, 0.25) is 0 Å².